The molecule has 1 amide bonds. The van der Waals surface area contributed by atoms with Crippen molar-refractivity contribution in [3.8, 4) is 5.75 Å². The minimum Gasteiger partial charge on any atom is -0.493 e. The second-order valence-corrected chi connectivity index (χ2v) is 7.23. The molecule has 1 N–H and O–H groups in total. The second-order valence-electron chi connectivity index (χ2n) is 7.23. The van der Waals surface area contributed by atoms with Crippen molar-refractivity contribution < 1.29 is 19.1 Å². The summed E-state index contributed by atoms with van der Waals surface area (Å²) < 4.78 is 11.0. The van der Waals surface area contributed by atoms with Gasteiger partial charge in [0.1, 0.15) is 5.75 Å². The molecule has 0 radical (unpaired) electrons. The summed E-state index contributed by atoms with van der Waals surface area (Å²) in [5.41, 5.74) is 1.81. The number of nitrogens with one attached hydrogen (secondary N) is 1. The highest BCUT2D eigenvalue weighted by Crippen LogP contribution is 2.31. The van der Waals surface area contributed by atoms with E-state index >= 15 is 0 Å². The third-order valence-corrected chi connectivity index (χ3v) is 5.11. The van der Waals surface area contributed by atoms with Crippen molar-refractivity contribution >= 4 is 22.6 Å². The molecule has 0 spiro atoms. The van der Waals surface area contributed by atoms with E-state index < -0.39 is 12.1 Å². The molecule has 1 heterocycles. The topological polar surface area (TPSA) is 64.6 Å². The van der Waals surface area contributed by atoms with Crippen LogP contribution in [0.15, 0.2) is 66.7 Å². The molecule has 2 atom stereocenters. The SMILES string of the molecule is CC(OC(=O)Cc1ccc2ccccc2c1)C(=O)NC1CCOc2ccccc21. The number of hydrogen-bond acceptors (Lipinski definition) is 4. The number of esters is 1. The Bertz CT molecular complexity index is 1050. The van der Waals surface area contributed by atoms with Crippen LogP contribution in [-0.4, -0.2) is 24.6 Å². The molecule has 4 rings (SSSR count). The summed E-state index contributed by atoms with van der Waals surface area (Å²) in [4.78, 5) is 24.9. The predicted molar refractivity (Wildman–Crippen MR) is 111 cm³/mol. The Labute approximate surface area is 169 Å². The number of amides is 1. The lowest BCUT2D eigenvalue weighted by atomic mass is 10.0. The van der Waals surface area contributed by atoms with E-state index in [1.165, 1.54) is 0 Å². The molecule has 2 unspecified atom stereocenters. The fraction of sp³-hybridized carbons (Fsp3) is 0.250. The van der Waals surface area contributed by atoms with Crippen LogP contribution in [-0.2, 0) is 20.7 Å². The van der Waals surface area contributed by atoms with E-state index in [2.05, 4.69) is 5.32 Å². The summed E-state index contributed by atoms with van der Waals surface area (Å²) >= 11 is 0. The Morgan fingerprint density at radius 1 is 1.07 bits per heavy atom. The lowest BCUT2D eigenvalue weighted by molar-refractivity contribution is -0.154. The molecule has 0 bridgehead atoms. The second kappa shape index (κ2) is 8.35. The van der Waals surface area contributed by atoms with Crippen LogP contribution in [0, 0.1) is 0 Å². The lowest BCUT2D eigenvalue weighted by Gasteiger charge is -2.27. The van der Waals surface area contributed by atoms with E-state index in [4.69, 9.17) is 9.47 Å². The van der Waals surface area contributed by atoms with Gasteiger partial charge in [0.05, 0.1) is 19.1 Å². The summed E-state index contributed by atoms with van der Waals surface area (Å²) in [7, 11) is 0. The molecule has 148 valence electrons. The molecule has 29 heavy (non-hydrogen) atoms. The molecule has 1 aliphatic heterocycles. The molecule has 0 saturated heterocycles. The van der Waals surface area contributed by atoms with Gasteiger partial charge in [0, 0.05) is 12.0 Å². The van der Waals surface area contributed by atoms with Crippen LogP contribution >= 0.6 is 0 Å². The van der Waals surface area contributed by atoms with E-state index in [-0.39, 0.29) is 18.4 Å². The summed E-state index contributed by atoms with van der Waals surface area (Å²) in [6.07, 6.45) is -0.0544. The van der Waals surface area contributed by atoms with Gasteiger partial charge in [0.15, 0.2) is 6.10 Å². The van der Waals surface area contributed by atoms with Crippen molar-refractivity contribution in [3.05, 3.63) is 77.9 Å². The first kappa shape index (κ1) is 19.0. The Morgan fingerprint density at radius 3 is 2.69 bits per heavy atom. The third-order valence-electron chi connectivity index (χ3n) is 5.11. The van der Waals surface area contributed by atoms with Gasteiger partial charge >= 0.3 is 5.97 Å². The van der Waals surface area contributed by atoms with Gasteiger partial charge in [-0.25, -0.2) is 0 Å². The highest BCUT2D eigenvalue weighted by molar-refractivity contribution is 5.86. The van der Waals surface area contributed by atoms with E-state index in [0.717, 1.165) is 27.6 Å². The van der Waals surface area contributed by atoms with Gasteiger partial charge in [-0.05, 0) is 29.3 Å². The number of fused-ring (bicyclic) bond motifs is 2. The first-order valence-corrected chi connectivity index (χ1v) is 9.79. The van der Waals surface area contributed by atoms with Crippen molar-refractivity contribution in [2.24, 2.45) is 0 Å². The molecule has 5 heteroatoms. The van der Waals surface area contributed by atoms with Gasteiger partial charge in [0.25, 0.3) is 5.91 Å². The molecule has 0 aliphatic carbocycles. The van der Waals surface area contributed by atoms with E-state index in [0.29, 0.717) is 13.0 Å². The highest BCUT2D eigenvalue weighted by atomic mass is 16.5. The molecular weight excluding hydrogens is 366 g/mol. The van der Waals surface area contributed by atoms with Crippen LogP contribution in [0.1, 0.15) is 30.5 Å². The van der Waals surface area contributed by atoms with Crippen LogP contribution in [0.25, 0.3) is 10.8 Å². The monoisotopic (exact) mass is 389 g/mol. The van der Waals surface area contributed by atoms with E-state index in [1.807, 2.05) is 66.7 Å². The number of para-hydroxylation sites is 1. The molecule has 0 fully saturated rings. The standard InChI is InChI=1S/C24H23NO4/c1-16(24(27)25-21-12-13-28-22-9-5-4-8-20(21)22)29-23(26)15-17-10-11-18-6-2-3-7-19(18)14-17/h2-11,14,16,21H,12-13,15H2,1H3,(H,25,27). The number of benzene rings is 3. The van der Waals surface area contributed by atoms with Crippen molar-refractivity contribution in [2.75, 3.05) is 6.61 Å². The van der Waals surface area contributed by atoms with Crippen LogP contribution < -0.4 is 10.1 Å². The largest absolute Gasteiger partial charge is 0.493 e. The lowest BCUT2D eigenvalue weighted by Crippen LogP contribution is -2.39. The molecular formula is C24H23NO4. The maximum absolute atomic E-state index is 12.6. The molecule has 3 aromatic carbocycles. The van der Waals surface area contributed by atoms with Crippen LogP contribution in [0.2, 0.25) is 0 Å². The maximum atomic E-state index is 12.6. The summed E-state index contributed by atoms with van der Waals surface area (Å²) in [5, 5.41) is 5.16. The summed E-state index contributed by atoms with van der Waals surface area (Å²) in [6.45, 7) is 2.14. The number of hydrogen-bond donors (Lipinski definition) is 1. The van der Waals surface area contributed by atoms with Crippen LogP contribution in [0.4, 0.5) is 0 Å². The number of carbonyl (C=O) groups is 2. The van der Waals surface area contributed by atoms with Crippen LogP contribution in [0.5, 0.6) is 5.75 Å². The fourth-order valence-electron chi connectivity index (χ4n) is 3.59. The van der Waals surface area contributed by atoms with E-state index in [9.17, 15) is 9.59 Å². The molecule has 1 aliphatic rings. The van der Waals surface area contributed by atoms with Gasteiger partial charge in [-0.15, -0.1) is 0 Å². The van der Waals surface area contributed by atoms with Crippen molar-refractivity contribution in [1.29, 1.82) is 0 Å². The average molecular weight is 389 g/mol. The normalized spacial score (nSPS) is 16.4. The molecule has 0 saturated carbocycles. The smallest absolute Gasteiger partial charge is 0.311 e. The minimum atomic E-state index is -0.863. The number of rotatable bonds is 5. The average Bonchev–Trinajstić information content (AvgIpc) is 2.73. The van der Waals surface area contributed by atoms with Crippen molar-refractivity contribution in [2.45, 2.75) is 31.9 Å². The van der Waals surface area contributed by atoms with Gasteiger partial charge in [0.2, 0.25) is 0 Å². The third kappa shape index (κ3) is 4.40. The van der Waals surface area contributed by atoms with Crippen LogP contribution in [0.3, 0.4) is 0 Å². The predicted octanol–water partition coefficient (Wildman–Crippen LogP) is 3.95. The van der Waals surface area contributed by atoms with Gasteiger partial charge < -0.3 is 14.8 Å². The zero-order valence-corrected chi connectivity index (χ0v) is 16.3. The Balaban J connectivity index is 1.35. The van der Waals surface area contributed by atoms with Gasteiger partial charge in [-0.2, -0.15) is 0 Å². The number of ether oxygens (including phenoxy) is 2. The highest BCUT2D eigenvalue weighted by Gasteiger charge is 2.26. The van der Waals surface area contributed by atoms with Crippen molar-refractivity contribution in [3.63, 3.8) is 0 Å². The van der Waals surface area contributed by atoms with E-state index in [1.54, 1.807) is 6.92 Å². The number of carbonyl (C=O) groups excluding carboxylic acids is 2. The fourth-order valence-corrected chi connectivity index (χ4v) is 3.59. The summed E-state index contributed by atoms with van der Waals surface area (Å²) in [5.74, 6) is 0.0545. The zero-order valence-electron chi connectivity index (χ0n) is 16.3. The minimum absolute atomic E-state index is 0.128. The van der Waals surface area contributed by atoms with Gasteiger partial charge in [-0.3, -0.25) is 9.59 Å². The Hall–Kier alpha value is -3.34. The Morgan fingerprint density at radius 2 is 1.83 bits per heavy atom. The Kier molecular flexibility index (Phi) is 5.47. The zero-order chi connectivity index (χ0) is 20.2. The quantitative estimate of drug-likeness (QED) is 0.671. The van der Waals surface area contributed by atoms with Crippen molar-refractivity contribution in [1.82, 2.24) is 5.32 Å². The van der Waals surface area contributed by atoms with Gasteiger partial charge in [-0.1, -0.05) is 60.7 Å². The summed E-state index contributed by atoms with van der Waals surface area (Å²) in [6, 6.07) is 21.3. The molecule has 3 aromatic rings. The maximum Gasteiger partial charge on any atom is 0.311 e. The first-order valence-electron chi connectivity index (χ1n) is 9.79. The molecule has 5 nitrogen and oxygen atoms in total. The first-order chi connectivity index (χ1) is 14.1. The molecule has 0 aromatic heterocycles.